The molecule has 0 aliphatic rings. The molecule has 2 aromatic rings. The molecule has 0 aromatic heterocycles. The first kappa shape index (κ1) is 20.4. The number of carbonyl (C=O) groups is 2. The van der Waals surface area contributed by atoms with Crippen molar-refractivity contribution in [2.24, 2.45) is 0 Å². The van der Waals surface area contributed by atoms with Gasteiger partial charge in [0, 0.05) is 6.07 Å². The Morgan fingerprint density at radius 2 is 1.59 bits per heavy atom. The molecule has 1 amide bonds. The van der Waals surface area contributed by atoms with E-state index in [4.69, 9.17) is 30.5 Å². The van der Waals surface area contributed by atoms with Gasteiger partial charge in [0.15, 0.2) is 0 Å². The van der Waals surface area contributed by atoms with Crippen LogP contribution in [0.4, 0.5) is 5.69 Å². The Bertz CT molecular complexity index is 830. The number of benzene rings is 2. The number of ether oxygens (including phenoxy) is 4. The molecule has 1 N–H and O–H groups in total. The summed E-state index contributed by atoms with van der Waals surface area (Å²) in [6.07, 6.45) is 0. The average molecular weight is 394 g/mol. The summed E-state index contributed by atoms with van der Waals surface area (Å²) in [6, 6.07) is 7.83. The predicted octanol–water partition coefficient (Wildman–Crippen LogP) is 3.79. The summed E-state index contributed by atoms with van der Waals surface area (Å²) in [5, 5.41) is 2.84. The van der Waals surface area contributed by atoms with Gasteiger partial charge in [-0.25, -0.2) is 4.79 Å². The van der Waals surface area contributed by atoms with Gasteiger partial charge in [-0.15, -0.1) is 0 Å². The van der Waals surface area contributed by atoms with Crippen LogP contribution >= 0.6 is 11.6 Å². The average Bonchev–Trinajstić information content (AvgIpc) is 2.68. The van der Waals surface area contributed by atoms with Crippen LogP contribution in [0.5, 0.6) is 17.2 Å². The smallest absolute Gasteiger partial charge is 0.341 e. The van der Waals surface area contributed by atoms with Gasteiger partial charge < -0.3 is 24.3 Å². The molecule has 0 fully saturated rings. The van der Waals surface area contributed by atoms with Gasteiger partial charge >= 0.3 is 5.97 Å². The molecular weight excluding hydrogens is 374 g/mol. The highest BCUT2D eigenvalue weighted by Crippen LogP contribution is 2.34. The van der Waals surface area contributed by atoms with Gasteiger partial charge in [-0.1, -0.05) is 17.7 Å². The second-order valence-electron chi connectivity index (χ2n) is 5.24. The predicted molar refractivity (Wildman–Crippen MR) is 101 cm³/mol. The van der Waals surface area contributed by atoms with Gasteiger partial charge in [-0.05, 0) is 25.1 Å². The molecule has 0 radical (unpaired) electrons. The van der Waals surface area contributed by atoms with E-state index in [9.17, 15) is 9.59 Å². The van der Waals surface area contributed by atoms with Gasteiger partial charge in [0.1, 0.15) is 28.4 Å². The third-order valence-electron chi connectivity index (χ3n) is 3.69. The number of anilines is 1. The first-order valence-corrected chi connectivity index (χ1v) is 8.41. The quantitative estimate of drug-likeness (QED) is 0.720. The summed E-state index contributed by atoms with van der Waals surface area (Å²) in [6.45, 7) is 1.91. The summed E-state index contributed by atoms with van der Waals surface area (Å²) < 4.78 is 20.7. The highest BCUT2D eigenvalue weighted by Gasteiger charge is 2.22. The number of rotatable bonds is 7. The molecule has 7 nitrogen and oxygen atoms in total. The van der Waals surface area contributed by atoms with Crippen LogP contribution in [0.15, 0.2) is 30.3 Å². The second-order valence-corrected chi connectivity index (χ2v) is 5.65. The van der Waals surface area contributed by atoms with Crippen molar-refractivity contribution in [1.82, 2.24) is 0 Å². The minimum absolute atomic E-state index is 0.154. The van der Waals surface area contributed by atoms with E-state index in [1.807, 2.05) is 0 Å². The summed E-state index contributed by atoms with van der Waals surface area (Å²) in [5.74, 6) is -0.144. The maximum Gasteiger partial charge on any atom is 0.341 e. The first-order valence-electron chi connectivity index (χ1n) is 8.03. The van der Waals surface area contributed by atoms with Crippen LogP contribution in [0.1, 0.15) is 27.6 Å². The highest BCUT2D eigenvalue weighted by molar-refractivity contribution is 6.34. The van der Waals surface area contributed by atoms with E-state index in [2.05, 4.69) is 5.32 Å². The third-order valence-corrected chi connectivity index (χ3v) is 4.00. The Kier molecular flexibility index (Phi) is 6.90. The molecule has 27 heavy (non-hydrogen) atoms. The third kappa shape index (κ3) is 4.43. The maximum atomic E-state index is 12.8. The topological polar surface area (TPSA) is 83.1 Å². The molecule has 2 rings (SSSR count). The van der Waals surface area contributed by atoms with E-state index in [-0.39, 0.29) is 34.2 Å². The first-order chi connectivity index (χ1) is 13.0. The van der Waals surface area contributed by atoms with E-state index >= 15 is 0 Å². The summed E-state index contributed by atoms with van der Waals surface area (Å²) in [7, 11) is 4.31. The van der Waals surface area contributed by atoms with Crippen molar-refractivity contribution in [3.8, 4) is 17.2 Å². The lowest BCUT2D eigenvalue weighted by Crippen LogP contribution is -2.15. The van der Waals surface area contributed by atoms with Crippen LogP contribution in [-0.4, -0.2) is 39.8 Å². The van der Waals surface area contributed by atoms with Crippen LogP contribution in [-0.2, 0) is 4.74 Å². The lowest BCUT2D eigenvalue weighted by Gasteiger charge is -2.15. The number of esters is 1. The zero-order valence-corrected chi connectivity index (χ0v) is 16.2. The molecule has 144 valence electrons. The maximum absolute atomic E-state index is 12.8. The molecule has 0 atom stereocenters. The van der Waals surface area contributed by atoms with Gasteiger partial charge in [0.2, 0.25) is 0 Å². The van der Waals surface area contributed by atoms with Crippen LogP contribution < -0.4 is 19.5 Å². The van der Waals surface area contributed by atoms with Gasteiger partial charge in [-0.3, -0.25) is 4.79 Å². The lowest BCUT2D eigenvalue weighted by molar-refractivity contribution is 0.0522. The Labute approximate surface area is 162 Å². The molecule has 2 aromatic carbocycles. The highest BCUT2D eigenvalue weighted by atomic mass is 35.5. The Balaban J connectivity index is 2.41. The van der Waals surface area contributed by atoms with Crippen LogP contribution in [0.2, 0.25) is 5.02 Å². The van der Waals surface area contributed by atoms with Crippen LogP contribution in [0, 0.1) is 0 Å². The van der Waals surface area contributed by atoms with Crippen molar-refractivity contribution < 1.29 is 28.5 Å². The molecule has 0 aliphatic heterocycles. The van der Waals surface area contributed by atoms with E-state index < -0.39 is 11.9 Å². The fourth-order valence-corrected chi connectivity index (χ4v) is 2.66. The molecule has 0 spiro atoms. The molecule has 0 bridgehead atoms. The van der Waals surface area contributed by atoms with Crippen molar-refractivity contribution >= 4 is 29.2 Å². The van der Waals surface area contributed by atoms with Crippen molar-refractivity contribution in [2.75, 3.05) is 33.3 Å². The molecule has 0 aliphatic carbocycles. The number of carbonyl (C=O) groups excluding carboxylic acids is 2. The largest absolute Gasteiger partial charge is 0.496 e. The van der Waals surface area contributed by atoms with Crippen molar-refractivity contribution in [1.29, 1.82) is 0 Å². The fourth-order valence-electron chi connectivity index (χ4n) is 2.45. The minimum atomic E-state index is -0.569. The van der Waals surface area contributed by atoms with Gasteiger partial charge in [0.05, 0.1) is 38.6 Å². The molecular formula is C19H20ClNO6. The van der Waals surface area contributed by atoms with Crippen molar-refractivity contribution in [3.05, 3.63) is 46.5 Å². The Morgan fingerprint density at radius 3 is 2.11 bits per heavy atom. The van der Waals surface area contributed by atoms with Gasteiger partial charge in [0.25, 0.3) is 5.91 Å². The Hall–Kier alpha value is -2.93. The number of amides is 1. The fraction of sp³-hybridized carbons (Fsp3) is 0.263. The van der Waals surface area contributed by atoms with E-state index in [1.54, 1.807) is 25.1 Å². The molecule has 0 saturated heterocycles. The number of hydrogen-bond acceptors (Lipinski definition) is 6. The summed E-state index contributed by atoms with van der Waals surface area (Å²) >= 11 is 6.24. The lowest BCUT2D eigenvalue weighted by atomic mass is 10.1. The molecule has 8 heteroatoms. The Morgan fingerprint density at radius 1 is 1.00 bits per heavy atom. The zero-order chi connectivity index (χ0) is 20.0. The standard InChI is InChI=1S/C19H20ClNO6/c1-5-27-19(23)11-9-12(20)13(10-16(11)26-4)21-18(22)17-14(24-2)7-6-8-15(17)25-3/h6-10H,5H2,1-4H3,(H,21,22). The van der Waals surface area contributed by atoms with Gasteiger partial charge in [-0.2, -0.15) is 0 Å². The van der Waals surface area contributed by atoms with E-state index in [0.717, 1.165) is 0 Å². The van der Waals surface area contributed by atoms with E-state index in [1.165, 1.54) is 33.5 Å². The summed E-state index contributed by atoms with van der Waals surface area (Å²) in [4.78, 5) is 24.8. The number of hydrogen-bond donors (Lipinski definition) is 1. The SMILES string of the molecule is CCOC(=O)c1cc(Cl)c(NC(=O)c2c(OC)cccc2OC)cc1OC. The number of nitrogens with one attached hydrogen (secondary N) is 1. The normalized spacial score (nSPS) is 10.1. The van der Waals surface area contributed by atoms with Crippen LogP contribution in [0.3, 0.4) is 0 Å². The monoisotopic (exact) mass is 393 g/mol. The van der Waals surface area contributed by atoms with Crippen molar-refractivity contribution in [2.45, 2.75) is 6.92 Å². The number of methoxy groups -OCH3 is 3. The molecule has 0 saturated carbocycles. The van der Waals surface area contributed by atoms with E-state index in [0.29, 0.717) is 11.5 Å². The minimum Gasteiger partial charge on any atom is -0.496 e. The second kappa shape index (κ2) is 9.14. The molecule has 0 heterocycles. The molecule has 0 unspecified atom stereocenters. The zero-order valence-electron chi connectivity index (χ0n) is 15.4. The summed E-state index contributed by atoms with van der Waals surface area (Å²) in [5.41, 5.74) is 0.642. The van der Waals surface area contributed by atoms with Crippen molar-refractivity contribution in [3.63, 3.8) is 0 Å². The number of halogens is 1. The van der Waals surface area contributed by atoms with Crippen LogP contribution in [0.25, 0.3) is 0 Å².